The van der Waals surface area contributed by atoms with Gasteiger partial charge in [-0.25, -0.2) is 0 Å². The molecule has 3 rings (SSSR count). The SMILES string of the molecule is O=C1[C@H]2CC=CC[C@H]2C(=O)N1c1ccc(CO)cc1. The number of carbonyl (C=O) groups is 2. The lowest BCUT2D eigenvalue weighted by molar-refractivity contribution is -0.122. The maximum absolute atomic E-state index is 12.3. The molecule has 0 bridgehead atoms. The Morgan fingerprint density at radius 3 is 2.00 bits per heavy atom. The highest BCUT2D eigenvalue weighted by molar-refractivity contribution is 6.22. The number of aliphatic hydroxyl groups excluding tert-OH is 1. The van der Waals surface area contributed by atoms with Crippen LogP contribution in [0.3, 0.4) is 0 Å². The minimum Gasteiger partial charge on any atom is -0.392 e. The molecule has 98 valence electrons. The van der Waals surface area contributed by atoms with Crippen molar-refractivity contribution in [3.63, 3.8) is 0 Å². The lowest BCUT2D eigenvalue weighted by Gasteiger charge is -2.14. The topological polar surface area (TPSA) is 57.6 Å². The number of hydrogen-bond acceptors (Lipinski definition) is 3. The summed E-state index contributed by atoms with van der Waals surface area (Å²) in [5, 5.41) is 9.01. The Bertz CT molecular complexity index is 521. The van der Waals surface area contributed by atoms with E-state index in [1.165, 1.54) is 4.90 Å². The number of aliphatic hydroxyl groups is 1. The van der Waals surface area contributed by atoms with Crippen LogP contribution in [0.2, 0.25) is 0 Å². The number of allylic oxidation sites excluding steroid dienone is 2. The third-order valence-electron chi connectivity index (χ3n) is 3.88. The van der Waals surface area contributed by atoms with Gasteiger partial charge in [-0.1, -0.05) is 24.3 Å². The third kappa shape index (κ3) is 1.88. The molecule has 1 aliphatic carbocycles. The number of nitrogens with zero attached hydrogens (tertiary/aromatic N) is 1. The molecule has 0 radical (unpaired) electrons. The molecule has 0 spiro atoms. The van der Waals surface area contributed by atoms with E-state index in [2.05, 4.69) is 0 Å². The molecule has 1 aromatic rings. The fourth-order valence-electron chi connectivity index (χ4n) is 2.81. The zero-order chi connectivity index (χ0) is 13.4. The summed E-state index contributed by atoms with van der Waals surface area (Å²) >= 11 is 0. The van der Waals surface area contributed by atoms with E-state index in [0.717, 1.165) is 5.56 Å². The van der Waals surface area contributed by atoms with Gasteiger partial charge >= 0.3 is 0 Å². The minimum atomic E-state index is -0.199. The molecule has 2 amide bonds. The molecule has 4 nitrogen and oxygen atoms in total. The predicted octanol–water partition coefficient (Wildman–Crippen LogP) is 1.63. The molecule has 1 saturated heterocycles. The van der Waals surface area contributed by atoms with E-state index in [9.17, 15) is 9.59 Å². The third-order valence-corrected chi connectivity index (χ3v) is 3.88. The molecule has 1 fully saturated rings. The van der Waals surface area contributed by atoms with Crippen molar-refractivity contribution >= 4 is 17.5 Å². The Morgan fingerprint density at radius 1 is 1.00 bits per heavy atom. The van der Waals surface area contributed by atoms with Gasteiger partial charge in [-0.3, -0.25) is 14.5 Å². The summed E-state index contributed by atoms with van der Waals surface area (Å²) in [5.74, 6) is -0.600. The van der Waals surface area contributed by atoms with E-state index in [0.29, 0.717) is 18.5 Å². The number of amides is 2. The lowest BCUT2D eigenvalue weighted by atomic mass is 9.85. The van der Waals surface area contributed by atoms with Crippen molar-refractivity contribution in [3.8, 4) is 0 Å². The Kier molecular flexibility index (Phi) is 2.95. The van der Waals surface area contributed by atoms with Crippen LogP contribution in [0.5, 0.6) is 0 Å². The van der Waals surface area contributed by atoms with Crippen LogP contribution in [0.4, 0.5) is 5.69 Å². The maximum Gasteiger partial charge on any atom is 0.238 e. The average Bonchev–Trinajstić information content (AvgIpc) is 2.72. The zero-order valence-corrected chi connectivity index (χ0v) is 10.5. The number of imide groups is 1. The van der Waals surface area contributed by atoms with Crippen LogP contribution in [0.1, 0.15) is 18.4 Å². The van der Waals surface area contributed by atoms with E-state index in [-0.39, 0.29) is 30.3 Å². The van der Waals surface area contributed by atoms with Crippen molar-refractivity contribution in [2.75, 3.05) is 4.90 Å². The van der Waals surface area contributed by atoms with Gasteiger partial charge in [0.25, 0.3) is 0 Å². The van der Waals surface area contributed by atoms with Crippen LogP contribution in [-0.2, 0) is 16.2 Å². The molecule has 0 aromatic heterocycles. The lowest BCUT2D eigenvalue weighted by Crippen LogP contribution is -2.30. The predicted molar refractivity (Wildman–Crippen MR) is 70.2 cm³/mol. The first kappa shape index (κ1) is 12.1. The summed E-state index contributed by atoms with van der Waals surface area (Å²) in [4.78, 5) is 25.9. The average molecular weight is 257 g/mol. The van der Waals surface area contributed by atoms with Gasteiger partial charge in [-0.2, -0.15) is 0 Å². The largest absolute Gasteiger partial charge is 0.392 e. The van der Waals surface area contributed by atoms with Crippen molar-refractivity contribution in [1.82, 2.24) is 0 Å². The van der Waals surface area contributed by atoms with Crippen molar-refractivity contribution in [1.29, 1.82) is 0 Å². The molecular weight excluding hydrogens is 242 g/mol. The highest BCUT2D eigenvalue weighted by Crippen LogP contribution is 2.37. The zero-order valence-electron chi connectivity index (χ0n) is 10.5. The number of fused-ring (bicyclic) bond motifs is 1. The summed E-state index contributed by atoms with van der Waals surface area (Å²) in [6.45, 7) is -0.0443. The minimum absolute atomic E-state index is 0.0443. The van der Waals surface area contributed by atoms with Gasteiger partial charge in [-0.05, 0) is 30.5 Å². The van der Waals surface area contributed by atoms with Crippen LogP contribution >= 0.6 is 0 Å². The standard InChI is InChI=1S/C15H15NO3/c17-9-10-5-7-11(8-6-10)16-14(18)12-3-1-2-4-13(12)15(16)19/h1-2,5-8,12-13,17H,3-4,9H2/t12-,13+. The van der Waals surface area contributed by atoms with E-state index in [1.807, 2.05) is 12.2 Å². The Hall–Kier alpha value is -1.94. The van der Waals surface area contributed by atoms with Crippen molar-refractivity contribution in [2.45, 2.75) is 19.4 Å². The molecule has 19 heavy (non-hydrogen) atoms. The first-order valence-electron chi connectivity index (χ1n) is 6.45. The molecule has 2 aliphatic rings. The molecule has 1 aromatic carbocycles. The van der Waals surface area contributed by atoms with Crippen molar-refractivity contribution in [2.24, 2.45) is 11.8 Å². The van der Waals surface area contributed by atoms with Crippen molar-refractivity contribution in [3.05, 3.63) is 42.0 Å². The fourth-order valence-corrected chi connectivity index (χ4v) is 2.81. The fraction of sp³-hybridized carbons (Fsp3) is 0.333. The van der Waals surface area contributed by atoms with Crippen molar-refractivity contribution < 1.29 is 14.7 Å². The van der Waals surface area contributed by atoms with Gasteiger partial charge in [0.1, 0.15) is 0 Å². The summed E-state index contributed by atoms with van der Waals surface area (Å²) in [6, 6.07) is 6.89. The second kappa shape index (κ2) is 4.63. The second-order valence-electron chi connectivity index (χ2n) is 4.99. The van der Waals surface area contributed by atoms with E-state index < -0.39 is 0 Å². The maximum atomic E-state index is 12.3. The first-order chi connectivity index (χ1) is 9.22. The van der Waals surface area contributed by atoms with Gasteiger partial charge in [-0.15, -0.1) is 0 Å². The molecule has 1 heterocycles. The summed E-state index contributed by atoms with van der Waals surface area (Å²) in [6.07, 6.45) is 5.26. The van der Waals surface area contributed by atoms with E-state index >= 15 is 0 Å². The molecule has 1 aliphatic heterocycles. The Balaban J connectivity index is 1.92. The number of hydrogen-bond donors (Lipinski definition) is 1. The van der Waals surface area contributed by atoms with Gasteiger partial charge in [0.05, 0.1) is 24.1 Å². The first-order valence-corrected chi connectivity index (χ1v) is 6.45. The van der Waals surface area contributed by atoms with Crippen LogP contribution in [0.25, 0.3) is 0 Å². The monoisotopic (exact) mass is 257 g/mol. The number of anilines is 1. The molecule has 1 N–H and O–H groups in total. The van der Waals surface area contributed by atoms with Gasteiger partial charge < -0.3 is 5.11 Å². The molecular formula is C15H15NO3. The van der Waals surface area contributed by atoms with Crippen LogP contribution in [0, 0.1) is 11.8 Å². The molecule has 0 saturated carbocycles. The molecule has 0 unspecified atom stereocenters. The summed E-state index contributed by atoms with van der Waals surface area (Å²) in [7, 11) is 0. The van der Waals surface area contributed by atoms with E-state index in [4.69, 9.17) is 5.11 Å². The summed E-state index contributed by atoms with van der Waals surface area (Å²) in [5.41, 5.74) is 1.36. The number of rotatable bonds is 2. The smallest absolute Gasteiger partial charge is 0.238 e. The molecule has 2 atom stereocenters. The van der Waals surface area contributed by atoms with Gasteiger partial charge in [0.15, 0.2) is 0 Å². The van der Waals surface area contributed by atoms with E-state index in [1.54, 1.807) is 24.3 Å². The van der Waals surface area contributed by atoms with Crippen LogP contribution in [0.15, 0.2) is 36.4 Å². The highest BCUT2D eigenvalue weighted by atomic mass is 16.3. The molecule has 4 heteroatoms. The Morgan fingerprint density at radius 2 is 1.53 bits per heavy atom. The normalized spacial score (nSPS) is 25.8. The number of benzene rings is 1. The highest BCUT2D eigenvalue weighted by Gasteiger charge is 2.47. The summed E-state index contributed by atoms with van der Waals surface area (Å²) < 4.78 is 0. The van der Waals surface area contributed by atoms with Crippen LogP contribution < -0.4 is 4.90 Å². The number of carbonyl (C=O) groups excluding carboxylic acids is 2. The second-order valence-corrected chi connectivity index (χ2v) is 4.99. The van der Waals surface area contributed by atoms with Gasteiger partial charge in [0.2, 0.25) is 11.8 Å². The van der Waals surface area contributed by atoms with Gasteiger partial charge in [0, 0.05) is 0 Å². The van der Waals surface area contributed by atoms with Crippen LogP contribution in [-0.4, -0.2) is 16.9 Å². The quantitative estimate of drug-likeness (QED) is 0.647. The Labute approximate surface area is 111 Å².